The number of hydrogen-bond acceptors (Lipinski definition) is 4. The summed E-state index contributed by atoms with van der Waals surface area (Å²) < 4.78 is 7.75. The fourth-order valence-electron chi connectivity index (χ4n) is 2.14. The van der Waals surface area contributed by atoms with Crippen molar-refractivity contribution in [2.75, 3.05) is 0 Å². The molecule has 0 aliphatic heterocycles. The molecule has 114 valence electrons. The van der Waals surface area contributed by atoms with Gasteiger partial charge in [0.25, 0.3) is 0 Å². The third-order valence-electron chi connectivity index (χ3n) is 3.05. The Morgan fingerprint density at radius 1 is 1.43 bits per heavy atom. The molecule has 21 heavy (non-hydrogen) atoms. The van der Waals surface area contributed by atoms with E-state index >= 15 is 0 Å². The van der Waals surface area contributed by atoms with Crippen LogP contribution in [0.4, 0.5) is 0 Å². The van der Waals surface area contributed by atoms with Crippen LogP contribution in [0.25, 0.3) is 0 Å². The maximum atomic E-state index is 6.04. The highest BCUT2D eigenvalue weighted by Crippen LogP contribution is 2.24. The Morgan fingerprint density at radius 3 is 2.95 bits per heavy atom. The Hall–Kier alpha value is -1.59. The Labute approximate surface area is 130 Å². The average molecular weight is 309 g/mol. The fraction of sp³-hybridized carbons (Fsp3) is 0.467. The van der Waals surface area contributed by atoms with E-state index in [1.165, 1.54) is 0 Å². The average Bonchev–Trinajstić information content (AvgIpc) is 2.85. The van der Waals surface area contributed by atoms with E-state index in [-0.39, 0.29) is 6.04 Å². The van der Waals surface area contributed by atoms with Crippen molar-refractivity contribution in [2.45, 2.75) is 45.9 Å². The van der Waals surface area contributed by atoms with Gasteiger partial charge in [0.1, 0.15) is 18.7 Å². The molecule has 5 nitrogen and oxygen atoms in total. The molecule has 1 aromatic heterocycles. The Morgan fingerprint density at radius 2 is 2.24 bits per heavy atom. The lowest BCUT2D eigenvalue weighted by Gasteiger charge is -2.13. The third-order valence-corrected chi connectivity index (χ3v) is 3.29. The van der Waals surface area contributed by atoms with Crippen molar-refractivity contribution in [2.24, 2.45) is 5.73 Å². The zero-order chi connectivity index (χ0) is 15.2. The number of hydrogen-bond donors (Lipinski definition) is 1. The molecular weight excluding hydrogens is 288 g/mol. The van der Waals surface area contributed by atoms with E-state index in [0.717, 1.165) is 36.5 Å². The lowest BCUT2D eigenvalue weighted by molar-refractivity contribution is 0.283. The Balaban J connectivity index is 2.10. The molecule has 0 saturated heterocycles. The van der Waals surface area contributed by atoms with Gasteiger partial charge in [-0.25, -0.2) is 9.67 Å². The first-order valence-corrected chi connectivity index (χ1v) is 7.51. The minimum Gasteiger partial charge on any atom is -0.485 e. The minimum atomic E-state index is 0.0505. The van der Waals surface area contributed by atoms with E-state index < -0.39 is 0 Å². The molecule has 0 spiro atoms. The first-order chi connectivity index (χ1) is 10.1. The van der Waals surface area contributed by atoms with Crippen molar-refractivity contribution in [1.29, 1.82) is 0 Å². The summed E-state index contributed by atoms with van der Waals surface area (Å²) >= 11 is 6.04. The molecule has 0 saturated carbocycles. The van der Waals surface area contributed by atoms with Crippen LogP contribution in [0.1, 0.15) is 31.7 Å². The highest BCUT2D eigenvalue weighted by Gasteiger charge is 2.10. The van der Waals surface area contributed by atoms with Crippen molar-refractivity contribution < 1.29 is 4.74 Å². The monoisotopic (exact) mass is 308 g/mol. The van der Waals surface area contributed by atoms with Gasteiger partial charge in [-0.05, 0) is 43.5 Å². The van der Waals surface area contributed by atoms with Crippen molar-refractivity contribution in [3.8, 4) is 5.75 Å². The van der Waals surface area contributed by atoms with E-state index in [1.807, 2.05) is 29.8 Å². The van der Waals surface area contributed by atoms with E-state index in [4.69, 9.17) is 22.1 Å². The van der Waals surface area contributed by atoms with E-state index in [1.54, 1.807) is 6.33 Å². The molecule has 0 amide bonds. The molecule has 0 aliphatic rings. The summed E-state index contributed by atoms with van der Waals surface area (Å²) in [5.41, 5.74) is 6.89. The number of nitrogens with two attached hydrogens (primary N) is 1. The van der Waals surface area contributed by atoms with Crippen LogP contribution in [0.2, 0.25) is 5.02 Å². The van der Waals surface area contributed by atoms with Gasteiger partial charge in [0.2, 0.25) is 0 Å². The third kappa shape index (κ3) is 4.44. The molecule has 2 N–H and O–H groups in total. The number of aryl methyl sites for hydroxylation is 1. The lowest BCUT2D eigenvalue weighted by atomic mass is 10.1. The van der Waals surface area contributed by atoms with Gasteiger partial charge in [-0.15, -0.1) is 0 Å². The van der Waals surface area contributed by atoms with Crippen molar-refractivity contribution in [1.82, 2.24) is 14.8 Å². The Kier molecular flexibility index (Phi) is 5.59. The molecule has 1 unspecified atom stereocenters. The van der Waals surface area contributed by atoms with Crippen LogP contribution in [0, 0.1) is 0 Å². The Bertz CT molecular complexity index is 583. The number of benzene rings is 1. The van der Waals surface area contributed by atoms with Gasteiger partial charge >= 0.3 is 0 Å². The van der Waals surface area contributed by atoms with Crippen molar-refractivity contribution in [3.63, 3.8) is 0 Å². The summed E-state index contributed by atoms with van der Waals surface area (Å²) in [6.45, 7) is 5.29. The predicted octanol–water partition coefficient (Wildman–Crippen LogP) is 2.81. The second-order valence-corrected chi connectivity index (χ2v) is 5.56. The molecule has 0 bridgehead atoms. The molecule has 6 heteroatoms. The number of ether oxygens (including phenoxy) is 1. The minimum absolute atomic E-state index is 0.0505. The second-order valence-electron chi connectivity index (χ2n) is 5.12. The fourth-order valence-corrected chi connectivity index (χ4v) is 2.33. The van der Waals surface area contributed by atoms with Crippen LogP contribution in [0.5, 0.6) is 5.75 Å². The van der Waals surface area contributed by atoms with Crippen LogP contribution >= 0.6 is 11.6 Å². The van der Waals surface area contributed by atoms with Gasteiger partial charge in [0.05, 0.1) is 0 Å². The summed E-state index contributed by atoms with van der Waals surface area (Å²) in [5.74, 6) is 1.61. The summed E-state index contributed by atoms with van der Waals surface area (Å²) in [6.07, 6.45) is 3.28. The van der Waals surface area contributed by atoms with Crippen LogP contribution < -0.4 is 10.5 Å². The van der Waals surface area contributed by atoms with E-state index in [2.05, 4.69) is 17.0 Å². The normalized spacial score (nSPS) is 12.4. The van der Waals surface area contributed by atoms with Crippen molar-refractivity contribution >= 4 is 11.6 Å². The van der Waals surface area contributed by atoms with Gasteiger partial charge in [0, 0.05) is 17.6 Å². The molecule has 1 heterocycles. The first kappa shape index (κ1) is 15.8. The maximum Gasteiger partial charge on any atom is 0.164 e. The zero-order valence-corrected chi connectivity index (χ0v) is 13.2. The summed E-state index contributed by atoms with van der Waals surface area (Å²) in [7, 11) is 0. The molecule has 2 rings (SSSR count). The van der Waals surface area contributed by atoms with Gasteiger partial charge in [0.15, 0.2) is 5.82 Å². The zero-order valence-electron chi connectivity index (χ0n) is 12.4. The molecular formula is C15H21ClN4O. The molecule has 0 fully saturated rings. The van der Waals surface area contributed by atoms with Crippen LogP contribution in [0.15, 0.2) is 24.5 Å². The predicted molar refractivity (Wildman–Crippen MR) is 83.5 cm³/mol. The van der Waals surface area contributed by atoms with Gasteiger partial charge in [-0.2, -0.15) is 5.10 Å². The summed E-state index contributed by atoms with van der Waals surface area (Å²) in [6, 6.07) is 5.64. The molecule has 2 aromatic rings. The van der Waals surface area contributed by atoms with Crippen LogP contribution in [0.3, 0.4) is 0 Å². The first-order valence-electron chi connectivity index (χ1n) is 7.13. The summed E-state index contributed by atoms with van der Waals surface area (Å²) in [4.78, 5) is 4.23. The smallest absolute Gasteiger partial charge is 0.164 e. The van der Waals surface area contributed by atoms with Gasteiger partial charge < -0.3 is 10.5 Å². The molecule has 1 aromatic carbocycles. The standard InChI is InChI=1S/C15H21ClN4O/c1-3-6-20-15(18-10-19-20)9-21-14-5-4-13(16)8-12(14)7-11(2)17/h4-5,8,10-11H,3,6-7,9,17H2,1-2H3. The molecule has 1 atom stereocenters. The molecule has 0 aliphatic carbocycles. The van der Waals surface area contributed by atoms with E-state index in [9.17, 15) is 0 Å². The number of halogens is 1. The van der Waals surface area contributed by atoms with Crippen molar-refractivity contribution in [3.05, 3.63) is 40.9 Å². The van der Waals surface area contributed by atoms with Crippen LogP contribution in [-0.2, 0) is 19.6 Å². The quantitative estimate of drug-likeness (QED) is 0.854. The lowest BCUT2D eigenvalue weighted by Crippen LogP contribution is -2.18. The molecule has 0 radical (unpaired) electrons. The van der Waals surface area contributed by atoms with Crippen LogP contribution in [-0.4, -0.2) is 20.8 Å². The SMILES string of the molecule is CCCn1ncnc1COc1ccc(Cl)cc1CC(C)N. The largest absolute Gasteiger partial charge is 0.485 e. The second kappa shape index (κ2) is 7.43. The number of rotatable bonds is 7. The van der Waals surface area contributed by atoms with E-state index in [0.29, 0.717) is 11.6 Å². The number of aromatic nitrogens is 3. The summed E-state index contributed by atoms with van der Waals surface area (Å²) in [5, 5.41) is 4.87. The highest BCUT2D eigenvalue weighted by molar-refractivity contribution is 6.30. The van der Waals surface area contributed by atoms with Gasteiger partial charge in [-0.1, -0.05) is 18.5 Å². The maximum absolute atomic E-state index is 6.04. The van der Waals surface area contributed by atoms with Gasteiger partial charge in [-0.3, -0.25) is 0 Å². The topological polar surface area (TPSA) is 66.0 Å². The highest BCUT2D eigenvalue weighted by atomic mass is 35.5. The number of nitrogens with zero attached hydrogens (tertiary/aromatic N) is 3.